The molecule has 0 saturated carbocycles. The van der Waals surface area contributed by atoms with Crippen molar-refractivity contribution >= 4 is 56.9 Å². The van der Waals surface area contributed by atoms with Crippen LogP contribution in [0.1, 0.15) is 38.7 Å². The SMILES string of the molecule is CC[C@@H](CO)N1C(=O)[C@@H]2[C@H]3C(=O)O[C@@H](C)CNC(=O)CC/C=C\CN(c4c(C)cccc4Cl)C(=O)[C@@H]1[C@]21C=C(Br)[C@H]3O1. The number of benzene rings is 1. The van der Waals surface area contributed by atoms with Crippen LogP contribution in [0, 0.1) is 18.8 Å². The summed E-state index contributed by atoms with van der Waals surface area (Å²) < 4.78 is 12.8. The van der Waals surface area contributed by atoms with Crippen molar-refractivity contribution in [3.8, 4) is 0 Å². The minimum absolute atomic E-state index is 0.108. The first-order valence-electron chi connectivity index (χ1n) is 14.2. The van der Waals surface area contributed by atoms with Gasteiger partial charge in [0, 0.05) is 17.4 Å². The van der Waals surface area contributed by atoms with Crippen molar-refractivity contribution in [3.05, 3.63) is 51.5 Å². The second-order valence-corrected chi connectivity index (χ2v) is 12.6. The number of aliphatic hydroxyl groups is 1. The van der Waals surface area contributed by atoms with Gasteiger partial charge in [0.15, 0.2) is 0 Å². The van der Waals surface area contributed by atoms with E-state index in [0.29, 0.717) is 28.0 Å². The Bertz CT molecular complexity index is 1330. The Morgan fingerprint density at radius 1 is 1.21 bits per heavy atom. The number of fused-ring (bicyclic) bond motifs is 2. The number of ether oxygens (including phenoxy) is 2. The van der Waals surface area contributed by atoms with Crippen LogP contribution in [0.4, 0.5) is 5.69 Å². The number of carbonyl (C=O) groups excluding carboxylic acids is 4. The summed E-state index contributed by atoms with van der Waals surface area (Å²) in [6.07, 6.45) is 4.87. The number of para-hydroxylation sites is 1. The highest BCUT2D eigenvalue weighted by molar-refractivity contribution is 9.11. The number of amides is 3. The van der Waals surface area contributed by atoms with E-state index in [0.717, 1.165) is 5.56 Å². The number of halogens is 2. The van der Waals surface area contributed by atoms with Crippen molar-refractivity contribution in [2.45, 2.75) is 69.9 Å². The van der Waals surface area contributed by atoms with E-state index in [4.69, 9.17) is 21.1 Å². The second-order valence-electron chi connectivity index (χ2n) is 11.2. The largest absolute Gasteiger partial charge is 0.460 e. The van der Waals surface area contributed by atoms with Gasteiger partial charge in [-0.25, -0.2) is 0 Å². The Hall–Kier alpha value is -2.73. The first-order valence-corrected chi connectivity index (χ1v) is 15.4. The van der Waals surface area contributed by atoms with Crippen LogP contribution in [0.5, 0.6) is 0 Å². The second kappa shape index (κ2) is 12.1. The van der Waals surface area contributed by atoms with E-state index >= 15 is 0 Å². The van der Waals surface area contributed by atoms with Gasteiger partial charge in [-0.1, -0.05) is 58.7 Å². The predicted octanol–water partition coefficient (Wildman–Crippen LogP) is 3.02. The number of carbonyl (C=O) groups is 4. The maximum Gasteiger partial charge on any atom is 0.313 e. The molecule has 2 saturated heterocycles. The van der Waals surface area contributed by atoms with Crippen LogP contribution < -0.4 is 10.2 Å². The number of nitrogens with zero attached hydrogens (tertiary/aromatic N) is 2. The van der Waals surface area contributed by atoms with Crippen LogP contribution in [-0.4, -0.2) is 83.3 Å². The molecule has 226 valence electrons. The van der Waals surface area contributed by atoms with Crippen molar-refractivity contribution in [2.75, 3.05) is 24.6 Å². The summed E-state index contributed by atoms with van der Waals surface area (Å²) in [5.74, 6) is -3.84. The molecule has 3 amide bonds. The van der Waals surface area contributed by atoms with E-state index in [2.05, 4.69) is 21.2 Å². The molecule has 42 heavy (non-hydrogen) atoms. The van der Waals surface area contributed by atoms with Crippen molar-refractivity contribution in [3.63, 3.8) is 0 Å². The Labute approximate surface area is 258 Å². The number of cyclic esters (lactones) is 1. The van der Waals surface area contributed by atoms with Crippen LogP contribution in [0.2, 0.25) is 5.02 Å². The maximum atomic E-state index is 14.9. The van der Waals surface area contributed by atoms with Gasteiger partial charge in [-0.2, -0.15) is 0 Å². The van der Waals surface area contributed by atoms with E-state index < -0.39 is 59.5 Å². The molecule has 4 aliphatic heterocycles. The molecule has 1 aromatic rings. The summed E-state index contributed by atoms with van der Waals surface area (Å²) in [5, 5.41) is 13.5. The number of likely N-dealkylation sites (tertiary alicyclic amines) is 1. The van der Waals surface area contributed by atoms with Crippen LogP contribution in [-0.2, 0) is 28.7 Å². The summed E-state index contributed by atoms with van der Waals surface area (Å²) in [4.78, 5) is 58.1. The summed E-state index contributed by atoms with van der Waals surface area (Å²) in [5.41, 5.74) is -0.251. The minimum atomic E-state index is -1.48. The normalized spacial score (nSPS) is 33.3. The van der Waals surface area contributed by atoms with Crippen molar-refractivity contribution in [1.29, 1.82) is 0 Å². The molecule has 2 fully saturated rings. The lowest BCUT2D eigenvalue weighted by atomic mass is 9.74. The quantitative estimate of drug-likeness (QED) is 0.375. The van der Waals surface area contributed by atoms with Gasteiger partial charge in [-0.3, -0.25) is 19.2 Å². The Morgan fingerprint density at radius 2 is 1.98 bits per heavy atom. The van der Waals surface area contributed by atoms with Crippen LogP contribution in [0.3, 0.4) is 0 Å². The molecular weight excluding hydrogens is 630 g/mol. The number of rotatable bonds is 4. The average Bonchev–Trinajstić information content (AvgIpc) is 3.54. The molecule has 1 spiro atoms. The third-order valence-corrected chi connectivity index (χ3v) is 9.55. The number of nitrogens with one attached hydrogen (secondary N) is 1. The van der Waals surface area contributed by atoms with E-state index in [1.807, 2.05) is 26.0 Å². The zero-order valence-corrected chi connectivity index (χ0v) is 26.1. The van der Waals surface area contributed by atoms with Gasteiger partial charge in [0.1, 0.15) is 29.8 Å². The van der Waals surface area contributed by atoms with Crippen LogP contribution in [0.25, 0.3) is 0 Å². The molecule has 7 atom stereocenters. The first-order chi connectivity index (χ1) is 20.0. The van der Waals surface area contributed by atoms with Crippen molar-refractivity contribution in [1.82, 2.24) is 10.2 Å². The molecule has 0 unspecified atom stereocenters. The molecule has 4 aliphatic rings. The Kier molecular flexibility index (Phi) is 8.85. The number of aryl methyl sites for hydroxylation is 1. The first kappa shape index (κ1) is 30.7. The van der Waals surface area contributed by atoms with Gasteiger partial charge in [-0.05, 0) is 44.4 Å². The monoisotopic (exact) mass is 663 g/mol. The standard InChI is InChI=1S/C30H35BrClN3O7/c1-4-18(15-36)35-26-28(39)34(24-16(2)9-8-10-20(24)32)12-7-5-6-11-21(37)33-14-17(3)41-29(40)22-23(27(35)38)30(26)13-19(31)25(22)42-30/h5,7-10,13,17-18,22-23,25-26,36H,4,6,11-12,14-15H2,1-3H3,(H,33,37)/b7-5-/t17-,18-,22+,23-,25+,26+,30-/m0/s1. The van der Waals surface area contributed by atoms with Gasteiger partial charge in [0.2, 0.25) is 11.8 Å². The molecule has 1 aromatic carbocycles. The van der Waals surface area contributed by atoms with Crippen molar-refractivity contribution in [2.24, 2.45) is 11.8 Å². The summed E-state index contributed by atoms with van der Waals surface area (Å²) in [6, 6.07) is 3.44. The van der Waals surface area contributed by atoms with E-state index in [1.165, 1.54) is 9.80 Å². The molecule has 0 aliphatic carbocycles. The smallest absolute Gasteiger partial charge is 0.313 e. The van der Waals surface area contributed by atoms with Crippen LogP contribution >= 0.6 is 27.5 Å². The topological polar surface area (TPSA) is 125 Å². The van der Waals surface area contributed by atoms with Gasteiger partial charge in [0.25, 0.3) is 5.91 Å². The summed E-state index contributed by atoms with van der Waals surface area (Å²) in [7, 11) is 0. The number of esters is 1. The molecule has 0 aromatic heterocycles. The predicted molar refractivity (Wildman–Crippen MR) is 159 cm³/mol. The van der Waals surface area contributed by atoms with Gasteiger partial charge in [0.05, 0.1) is 35.8 Å². The third kappa shape index (κ3) is 5.08. The Balaban J connectivity index is 1.68. The average molecular weight is 665 g/mol. The zero-order chi connectivity index (χ0) is 30.3. The summed E-state index contributed by atoms with van der Waals surface area (Å²) in [6.45, 7) is 5.18. The lowest BCUT2D eigenvalue weighted by Crippen LogP contribution is -2.58. The van der Waals surface area contributed by atoms with Gasteiger partial charge < -0.3 is 29.7 Å². The lowest BCUT2D eigenvalue weighted by Gasteiger charge is -2.39. The van der Waals surface area contributed by atoms with Gasteiger partial charge in [-0.15, -0.1) is 0 Å². The lowest BCUT2D eigenvalue weighted by molar-refractivity contribution is -0.159. The number of aliphatic hydroxyl groups excluding tert-OH is 1. The molecule has 4 heterocycles. The minimum Gasteiger partial charge on any atom is -0.460 e. The zero-order valence-electron chi connectivity index (χ0n) is 23.7. The highest BCUT2D eigenvalue weighted by Crippen LogP contribution is 2.59. The molecule has 5 bridgehead atoms. The van der Waals surface area contributed by atoms with E-state index in [-0.39, 0.29) is 32.0 Å². The fraction of sp³-hybridized carbons (Fsp3) is 0.533. The Morgan fingerprint density at radius 3 is 2.67 bits per heavy atom. The van der Waals surface area contributed by atoms with Gasteiger partial charge >= 0.3 is 5.97 Å². The van der Waals surface area contributed by atoms with E-state index in [1.54, 1.807) is 31.2 Å². The highest BCUT2D eigenvalue weighted by Gasteiger charge is 2.75. The molecule has 5 rings (SSSR count). The summed E-state index contributed by atoms with van der Waals surface area (Å²) >= 11 is 10.2. The van der Waals surface area contributed by atoms with Crippen molar-refractivity contribution < 1.29 is 33.8 Å². The number of anilines is 1. The molecule has 10 nitrogen and oxygen atoms in total. The molecular formula is C30H35BrClN3O7. The third-order valence-electron chi connectivity index (χ3n) is 8.57. The van der Waals surface area contributed by atoms with Crippen LogP contribution in [0.15, 0.2) is 40.9 Å². The number of hydrogen-bond acceptors (Lipinski definition) is 7. The highest BCUT2D eigenvalue weighted by atomic mass is 79.9. The molecule has 0 radical (unpaired) electrons. The van der Waals surface area contributed by atoms with E-state index in [9.17, 15) is 24.3 Å². The number of allylic oxidation sites excluding steroid dienone is 1. The molecule has 12 heteroatoms. The number of hydrogen-bond donors (Lipinski definition) is 2. The molecule has 2 N–H and O–H groups in total. The maximum absolute atomic E-state index is 14.9. The fourth-order valence-corrected chi connectivity index (χ4v) is 7.65. The fourth-order valence-electron chi connectivity index (χ4n) is 6.59.